The summed E-state index contributed by atoms with van der Waals surface area (Å²) in [6.45, 7) is 4.82. The molecule has 0 aromatic heterocycles. The third kappa shape index (κ3) is 5.09. The van der Waals surface area contributed by atoms with Crippen LogP contribution in [0.1, 0.15) is 40.7 Å². The Morgan fingerprint density at radius 1 is 0.686 bits per heavy atom. The number of phenols is 2. The molecule has 5 rings (SSSR count). The molecule has 2 aliphatic rings. The van der Waals surface area contributed by atoms with Gasteiger partial charge in [0.05, 0.1) is 12.2 Å². The average molecular weight is 475 g/mol. The van der Waals surface area contributed by atoms with Crippen LogP contribution in [0, 0.1) is 6.92 Å². The van der Waals surface area contributed by atoms with Gasteiger partial charge in [0.2, 0.25) is 0 Å². The molecule has 0 amide bonds. The molecule has 2 heterocycles. The molecule has 2 atom stereocenters. The van der Waals surface area contributed by atoms with Crippen molar-refractivity contribution in [2.24, 2.45) is 0 Å². The van der Waals surface area contributed by atoms with Gasteiger partial charge in [0.25, 0.3) is 0 Å². The fraction of sp³-hybridized carbons (Fsp3) is 0.379. The van der Waals surface area contributed by atoms with Gasteiger partial charge in [-0.3, -0.25) is 0 Å². The predicted molar refractivity (Wildman–Crippen MR) is 139 cm³/mol. The third-order valence-electron chi connectivity index (χ3n) is 7.39. The molecule has 2 aliphatic heterocycles. The number of hydrogen-bond acceptors (Lipinski definition) is 6. The number of nitrogens with zero attached hydrogens (tertiary/aromatic N) is 2. The first kappa shape index (κ1) is 23.5. The molecule has 6 heteroatoms. The van der Waals surface area contributed by atoms with Gasteiger partial charge in [-0.05, 0) is 72.4 Å². The topological polar surface area (TPSA) is 87.4 Å². The van der Waals surface area contributed by atoms with Gasteiger partial charge in [0, 0.05) is 56.0 Å². The Morgan fingerprint density at radius 2 is 1.09 bits per heavy atom. The van der Waals surface area contributed by atoms with Gasteiger partial charge in [0.15, 0.2) is 0 Å². The predicted octanol–water partition coefficient (Wildman–Crippen LogP) is 3.73. The van der Waals surface area contributed by atoms with Crippen LogP contribution < -0.4 is 9.80 Å². The van der Waals surface area contributed by atoms with Crippen LogP contribution in [-0.4, -0.2) is 58.8 Å². The highest BCUT2D eigenvalue weighted by Gasteiger charge is 2.21. The van der Waals surface area contributed by atoms with Crippen LogP contribution in [0.2, 0.25) is 0 Å². The van der Waals surface area contributed by atoms with E-state index >= 15 is 0 Å². The van der Waals surface area contributed by atoms with E-state index in [0.717, 1.165) is 59.6 Å². The van der Waals surface area contributed by atoms with Gasteiger partial charge < -0.3 is 30.2 Å². The van der Waals surface area contributed by atoms with Crippen LogP contribution in [-0.2, 0) is 12.8 Å². The lowest BCUT2D eigenvalue weighted by molar-refractivity contribution is 0.198. The zero-order valence-corrected chi connectivity index (χ0v) is 20.2. The van der Waals surface area contributed by atoms with Gasteiger partial charge in [-0.15, -0.1) is 0 Å². The van der Waals surface area contributed by atoms with E-state index in [1.54, 1.807) is 6.92 Å². The molecule has 35 heavy (non-hydrogen) atoms. The molecule has 3 aromatic carbocycles. The van der Waals surface area contributed by atoms with E-state index in [-0.39, 0.29) is 23.7 Å². The molecule has 6 nitrogen and oxygen atoms in total. The molecule has 0 bridgehead atoms. The summed E-state index contributed by atoms with van der Waals surface area (Å²) >= 11 is 0. The molecule has 184 valence electrons. The summed E-state index contributed by atoms with van der Waals surface area (Å²) in [6.07, 6.45) is 2.23. The van der Waals surface area contributed by atoms with Crippen molar-refractivity contribution in [3.8, 4) is 11.5 Å². The lowest BCUT2D eigenvalue weighted by atomic mass is 9.94. The van der Waals surface area contributed by atoms with Gasteiger partial charge in [0.1, 0.15) is 11.5 Å². The van der Waals surface area contributed by atoms with Crippen molar-refractivity contribution in [2.45, 2.75) is 44.8 Å². The summed E-state index contributed by atoms with van der Waals surface area (Å²) in [5, 5.41) is 41.1. The van der Waals surface area contributed by atoms with Crippen LogP contribution in [0.25, 0.3) is 0 Å². The first-order valence-corrected chi connectivity index (χ1v) is 12.4. The summed E-state index contributed by atoms with van der Waals surface area (Å²) in [6, 6.07) is 18.4. The second-order valence-electron chi connectivity index (χ2n) is 9.98. The second-order valence-corrected chi connectivity index (χ2v) is 9.98. The molecule has 3 aromatic rings. The van der Waals surface area contributed by atoms with E-state index in [2.05, 4.69) is 58.3 Å². The van der Waals surface area contributed by atoms with Crippen molar-refractivity contribution in [2.75, 3.05) is 36.0 Å². The second kappa shape index (κ2) is 9.80. The zero-order valence-electron chi connectivity index (χ0n) is 20.2. The van der Waals surface area contributed by atoms with Crippen molar-refractivity contribution in [3.63, 3.8) is 0 Å². The maximum Gasteiger partial charge on any atom is 0.125 e. The smallest absolute Gasteiger partial charge is 0.125 e. The highest BCUT2D eigenvalue weighted by molar-refractivity contribution is 5.56. The van der Waals surface area contributed by atoms with Crippen molar-refractivity contribution in [1.82, 2.24) is 0 Å². The van der Waals surface area contributed by atoms with Gasteiger partial charge in [-0.25, -0.2) is 0 Å². The quantitative estimate of drug-likeness (QED) is 0.436. The monoisotopic (exact) mass is 474 g/mol. The first-order valence-electron chi connectivity index (χ1n) is 12.4. The third-order valence-corrected chi connectivity index (χ3v) is 7.39. The summed E-state index contributed by atoms with van der Waals surface area (Å²) in [4.78, 5) is 4.37. The number of rotatable bonds is 6. The zero-order chi connectivity index (χ0) is 24.5. The molecular weight excluding hydrogens is 440 g/mol. The Labute approximate surface area is 206 Å². The number of β-amino-alcohol motifs (C(OH)–C–C–N with tert-alkyl or cyclic N) is 2. The van der Waals surface area contributed by atoms with Crippen LogP contribution in [0.5, 0.6) is 11.5 Å². The normalized spacial score (nSPS) is 20.1. The Hall–Kier alpha value is -3.22. The summed E-state index contributed by atoms with van der Waals surface area (Å²) in [7, 11) is 0. The van der Waals surface area contributed by atoms with E-state index in [9.17, 15) is 20.4 Å². The lowest BCUT2D eigenvalue weighted by Gasteiger charge is -2.19. The first-order chi connectivity index (χ1) is 16.9. The summed E-state index contributed by atoms with van der Waals surface area (Å²) in [5.74, 6) is 0.280. The van der Waals surface area contributed by atoms with E-state index in [1.807, 2.05) is 6.07 Å². The van der Waals surface area contributed by atoms with Gasteiger partial charge in [-0.1, -0.05) is 24.3 Å². The number of anilines is 2. The Kier molecular flexibility index (Phi) is 6.58. The standard InChI is InChI=1S/C29H34N2O4/c1-19-28(34)22(14-20-2-6-24(7-3-20)30-12-10-26(32)17-30)16-23(29(19)35)15-21-4-8-25(9-5-21)31-13-11-27(33)18-31/h2-9,16,26-27,32-35H,10-15,17-18H2,1H3. The van der Waals surface area contributed by atoms with E-state index in [0.29, 0.717) is 31.5 Å². The van der Waals surface area contributed by atoms with Crippen LogP contribution in [0.15, 0.2) is 54.6 Å². The number of aromatic hydroxyl groups is 2. The average Bonchev–Trinajstić information content (AvgIpc) is 3.50. The number of aliphatic hydroxyl groups is 2. The van der Waals surface area contributed by atoms with Gasteiger partial charge in [-0.2, -0.15) is 0 Å². The fourth-order valence-corrected chi connectivity index (χ4v) is 5.25. The molecule has 4 N–H and O–H groups in total. The highest BCUT2D eigenvalue weighted by Crippen LogP contribution is 2.36. The largest absolute Gasteiger partial charge is 0.507 e. The summed E-state index contributed by atoms with van der Waals surface area (Å²) < 4.78 is 0. The van der Waals surface area contributed by atoms with Crippen molar-refractivity contribution in [3.05, 3.63) is 82.4 Å². The molecule has 0 radical (unpaired) electrons. The molecule has 0 saturated carbocycles. The van der Waals surface area contributed by atoms with Crippen LogP contribution in [0.3, 0.4) is 0 Å². The van der Waals surface area contributed by atoms with Crippen molar-refractivity contribution < 1.29 is 20.4 Å². The SMILES string of the molecule is Cc1c(O)c(Cc2ccc(N3CCC(O)C3)cc2)cc(Cc2ccc(N3CCC(O)C3)cc2)c1O. The number of hydrogen-bond donors (Lipinski definition) is 4. The Bertz CT molecular complexity index is 1090. The summed E-state index contributed by atoms with van der Waals surface area (Å²) in [5.41, 5.74) is 6.45. The van der Waals surface area contributed by atoms with E-state index in [1.165, 1.54) is 0 Å². The molecular formula is C29H34N2O4. The van der Waals surface area contributed by atoms with Crippen molar-refractivity contribution in [1.29, 1.82) is 0 Å². The Balaban J connectivity index is 1.32. The molecule has 0 spiro atoms. The lowest BCUT2D eigenvalue weighted by Crippen LogP contribution is -2.20. The van der Waals surface area contributed by atoms with Crippen LogP contribution >= 0.6 is 0 Å². The number of aliphatic hydroxyl groups excluding tert-OH is 2. The minimum atomic E-state index is -0.255. The maximum atomic E-state index is 10.7. The minimum Gasteiger partial charge on any atom is -0.507 e. The van der Waals surface area contributed by atoms with E-state index in [4.69, 9.17) is 0 Å². The highest BCUT2D eigenvalue weighted by atomic mass is 16.3. The van der Waals surface area contributed by atoms with Gasteiger partial charge >= 0.3 is 0 Å². The molecule has 2 unspecified atom stereocenters. The van der Waals surface area contributed by atoms with E-state index < -0.39 is 0 Å². The number of phenolic OH excluding ortho intramolecular Hbond substituents is 2. The molecule has 2 saturated heterocycles. The fourth-order valence-electron chi connectivity index (χ4n) is 5.25. The maximum absolute atomic E-state index is 10.7. The van der Waals surface area contributed by atoms with Crippen molar-refractivity contribution >= 4 is 11.4 Å². The number of benzene rings is 3. The van der Waals surface area contributed by atoms with Crippen LogP contribution in [0.4, 0.5) is 11.4 Å². The Morgan fingerprint density at radius 3 is 1.43 bits per heavy atom. The minimum absolute atomic E-state index is 0.140. The molecule has 0 aliphatic carbocycles. The molecule has 2 fully saturated rings.